The first kappa shape index (κ1) is 13.1. The molecule has 0 bridgehead atoms. The zero-order valence-corrected chi connectivity index (χ0v) is 10.4. The Bertz CT molecular complexity index is 648. The molecule has 0 saturated heterocycles. The van der Waals surface area contributed by atoms with E-state index >= 15 is 0 Å². The number of primary amides is 1. The molecule has 0 fully saturated rings. The molecule has 1 amide bonds. The van der Waals surface area contributed by atoms with Gasteiger partial charge in [0.15, 0.2) is 0 Å². The number of nitrogen functional groups attached to an aromatic ring is 1. The number of benzene rings is 1. The molecule has 0 unspecified atom stereocenters. The summed E-state index contributed by atoms with van der Waals surface area (Å²) >= 11 is 5.58. The summed E-state index contributed by atoms with van der Waals surface area (Å²) in [7, 11) is 0. The second-order valence-corrected chi connectivity index (χ2v) is 4.18. The third kappa shape index (κ3) is 2.92. The molecule has 0 spiro atoms. The van der Waals surface area contributed by atoms with Crippen molar-refractivity contribution in [2.75, 3.05) is 11.1 Å². The number of carbonyl (C=O) groups excluding carboxylic acids is 1. The van der Waals surface area contributed by atoms with Crippen molar-refractivity contribution in [1.29, 1.82) is 0 Å². The van der Waals surface area contributed by atoms with E-state index in [2.05, 4.69) is 10.3 Å². The highest BCUT2D eigenvalue weighted by Crippen LogP contribution is 2.22. The van der Waals surface area contributed by atoms with Crippen LogP contribution in [-0.4, -0.2) is 10.9 Å². The number of halogens is 2. The predicted octanol–water partition coefficient (Wildman–Crippen LogP) is 2.30. The van der Waals surface area contributed by atoms with Gasteiger partial charge in [-0.2, -0.15) is 0 Å². The zero-order valence-electron chi connectivity index (χ0n) is 9.65. The summed E-state index contributed by atoms with van der Waals surface area (Å²) in [6, 6.07) is 5.59. The Morgan fingerprint density at radius 3 is 2.74 bits per heavy atom. The molecule has 98 valence electrons. The molecule has 0 aliphatic carbocycles. The summed E-state index contributed by atoms with van der Waals surface area (Å²) < 4.78 is 13.3. The number of nitrogens with zero attached hydrogens (tertiary/aromatic N) is 1. The molecule has 19 heavy (non-hydrogen) atoms. The molecule has 1 aromatic carbocycles. The monoisotopic (exact) mass is 280 g/mol. The number of rotatable bonds is 3. The van der Waals surface area contributed by atoms with E-state index in [0.29, 0.717) is 11.5 Å². The summed E-state index contributed by atoms with van der Waals surface area (Å²) in [5.74, 6) is -0.896. The van der Waals surface area contributed by atoms with Crippen molar-refractivity contribution in [2.24, 2.45) is 5.73 Å². The highest BCUT2D eigenvalue weighted by Gasteiger charge is 2.08. The summed E-state index contributed by atoms with van der Waals surface area (Å²) in [6.07, 6.45) is 1.30. The Labute approximate surface area is 113 Å². The van der Waals surface area contributed by atoms with E-state index in [9.17, 15) is 9.18 Å². The van der Waals surface area contributed by atoms with Gasteiger partial charge in [-0.05, 0) is 24.3 Å². The molecule has 0 aliphatic heterocycles. The molecule has 0 saturated carbocycles. The van der Waals surface area contributed by atoms with Gasteiger partial charge in [0, 0.05) is 5.69 Å². The fraction of sp³-hybridized carbons (Fsp3) is 0. The van der Waals surface area contributed by atoms with Crippen LogP contribution < -0.4 is 16.8 Å². The molecule has 7 heteroatoms. The molecule has 0 atom stereocenters. The minimum Gasteiger partial charge on any atom is -0.397 e. The molecule has 2 aromatic rings. The number of nitrogens with two attached hydrogens (primary N) is 2. The second-order valence-electron chi connectivity index (χ2n) is 3.77. The summed E-state index contributed by atoms with van der Waals surface area (Å²) in [6.45, 7) is 0. The number of nitrogens with one attached hydrogen (secondary N) is 1. The first-order valence-electron chi connectivity index (χ1n) is 5.25. The van der Waals surface area contributed by atoms with Crippen LogP contribution in [0.4, 0.5) is 21.6 Å². The van der Waals surface area contributed by atoms with Crippen molar-refractivity contribution >= 4 is 34.7 Å². The lowest BCUT2D eigenvalue weighted by Gasteiger charge is -2.08. The zero-order chi connectivity index (χ0) is 14.0. The van der Waals surface area contributed by atoms with E-state index in [1.54, 1.807) is 6.07 Å². The van der Waals surface area contributed by atoms with E-state index < -0.39 is 11.7 Å². The van der Waals surface area contributed by atoms with E-state index in [1.807, 2.05) is 0 Å². The normalized spacial score (nSPS) is 10.2. The van der Waals surface area contributed by atoms with Crippen LogP contribution in [0.25, 0.3) is 0 Å². The van der Waals surface area contributed by atoms with Crippen molar-refractivity contribution in [3.63, 3.8) is 0 Å². The van der Waals surface area contributed by atoms with Crippen LogP contribution >= 0.6 is 11.6 Å². The van der Waals surface area contributed by atoms with Gasteiger partial charge in [-0.25, -0.2) is 9.37 Å². The Kier molecular flexibility index (Phi) is 3.52. The van der Waals surface area contributed by atoms with E-state index in [4.69, 9.17) is 23.1 Å². The van der Waals surface area contributed by atoms with Gasteiger partial charge in [0.25, 0.3) is 5.91 Å². The van der Waals surface area contributed by atoms with Gasteiger partial charge < -0.3 is 16.8 Å². The van der Waals surface area contributed by atoms with Crippen LogP contribution in [0.3, 0.4) is 0 Å². The van der Waals surface area contributed by atoms with Crippen LogP contribution in [0.5, 0.6) is 0 Å². The second kappa shape index (κ2) is 5.11. The lowest BCUT2D eigenvalue weighted by molar-refractivity contribution is 0.100. The van der Waals surface area contributed by atoms with Gasteiger partial charge >= 0.3 is 0 Å². The Balaban J connectivity index is 2.30. The highest BCUT2D eigenvalue weighted by molar-refractivity contribution is 6.30. The first-order valence-corrected chi connectivity index (χ1v) is 5.62. The van der Waals surface area contributed by atoms with Gasteiger partial charge in [0.05, 0.1) is 22.5 Å². The van der Waals surface area contributed by atoms with Crippen LogP contribution in [0.2, 0.25) is 5.02 Å². The SMILES string of the molecule is NC(=O)c1cc(Nc2ccc(Cl)c(F)c2)ncc1N. The predicted molar refractivity (Wildman–Crippen MR) is 71.9 cm³/mol. The number of pyridine rings is 1. The van der Waals surface area contributed by atoms with Crippen molar-refractivity contribution in [2.45, 2.75) is 0 Å². The van der Waals surface area contributed by atoms with Gasteiger partial charge in [-0.1, -0.05) is 11.6 Å². The molecular weight excluding hydrogens is 271 g/mol. The standard InChI is InChI=1S/C12H10ClFN4O/c13-8-2-1-6(3-9(8)14)18-11-4-7(12(16)19)10(15)5-17-11/h1-5H,15H2,(H2,16,19)(H,17,18). The summed E-state index contributed by atoms with van der Waals surface area (Å²) in [4.78, 5) is 15.1. The van der Waals surface area contributed by atoms with Crippen LogP contribution in [0.1, 0.15) is 10.4 Å². The maximum atomic E-state index is 13.3. The lowest BCUT2D eigenvalue weighted by Crippen LogP contribution is -2.14. The maximum Gasteiger partial charge on any atom is 0.250 e. The fourth-order valence-electron chi connectivity index (χ4n) is 1.47. The third-order valence-electron chi connectivity index (χ3n) is 2.39. The summed E-state index contributed by atoms with van der Waals surface area (Å²) in [5, 5.41) is 2.84. The molecule has 2 rings (SSSR count). The third-order valence-corrected chi connectivity index (χ3v) is 2.70. The quantitative estimate of drug-likeness (QED) is 0.804. The highest BCUT2D eigenvalue weighted by atomic mass is 35.5. The topological polar surface area (TPSA) is 94.0 Å². The van der Waals surface area contributed by atoms with E-state index in [-0.39, 0.29) is 16.3 Å². The van der Waals surface area contributed by atoms with Gasteiger partial charge in [-0.15, -0.1) is 0 Å². The largest absolute Gasteiger partial charge is 0.397 e. The van der Waals surface area contributed by atoms with Crippen LogP contribution in [-0.2, 0) is 0 Å². The lowest BCUT2D eigenvalue weighted by atomic mass is 10.2. The number of anilines is 3. The first-order chi connectivity index (χ1) is 8.97. The number of aromatic nitrogens is 1. The number of amides is 1. The van der Waals surface area contributed by atoms with E-state index in [1.165, 1.54) is 24.4 Å². The molecule has 0 radical (unpaired) electrons. The van der Waals surface area contributed by atoms with Crippen molar-refractivity contribution in [1.82, 2.24) is 4.98 Å². The minimum absolute atomic E-state index is 0.0219. The van der Waals surface area contributed by atoms with Crippen LogP contribution in [0.15, 0.2) is 30.5 Å². The Morgan fingerprint density at radius 2 is 2.11 bits per heavy atom. The fourth-order valence-corrected chi connectivity index (χ4v) is 1.59. The smallest absolute Gasteiger partial charge is 0.250 e. The van der Waals surface area contributed by atoms with E-state index in [0.717, 1.165) is 0 Å². The Morgan fingerprint density at radius 1 is 1.37 bits per heavy atom. The average Bonchev–Trinajstić information content (AvgIpc) is 2.36. The van der Waals surface area contributed by atoms with Gasteiger partial charge in [-0.3, -0.25) is 4.79 Å². The van der Waals surface area contributed by atoms with Gasteiger partial charge in [0.2, 0.25) is 0 Å². The summed E-state index contributed by atoms with van der Waals surface area (Å²) in [5.41, 5.74) is 11.5. The molecular formula is C12H10ClFN4O. The van der Waals surface area contributed by atoms with Crippen LogP contribution in [0, 0.1) is 5.82 Å². The number of hydrogen-bond acceptors (Lipinski definition) is 4. The molecule has 0 aliphatic rings. The molecule has 1 aromatic heterocycles. The average molecular weight is 281 g/mol. The molecule has 1 heterocycles. The Hall–Kier alpha value is -2.34. The van der Waals surface area contributed by atoms with Crippen molar-refractivity contribution in [3.8, 4) is 0 Å². The minimum atomic E-state index is -0.662. The maximum absolute atomic E-state index is 13.3. The number of hydrogen-bond donors (Lipinski definition) is 3. The molecule has 5 nitrogen and oxygen atoms in total. The van der Waals surface area contributed by atoms with Gasteiger partial charge in [0.1, 0.15) is 11.6 Å². The van der Waals surface area contributed by atoms with Crippen molar-refractivity contribution < 1.29 is 9.18 Å². The molecule has 5 N–H and O–H groups in total. The van der Waals surface area contributed by atoms with Crippen molar-refractivity contribution in [3.05, 3.63) is 46.9 Å². The number of carbonyl (C=O) groups is 1.